The lowest BCUT2D eigenvalue weighted by atomic mass is 10.4. The first-order valence-corrected chi connectivity index (χ1v) is 8.36. The summed E-state index contributed by atoms with van der Waals surface area (Å²) in [6.45, 7) is 0. The van der Waals surface area contributed by atoms with Crippen molar-refractivity contribution in [2.45, 2.75) is 16.8 Å². The molecule has 1 aliphatic heterocycles. The van der Waals surface area contributed by atoms with Crippen LogP contribution in [0.4, 0.5) is 0 Å². The molecular formula is C11H12N2OS3. The van der Waals surface area contributed by atoms with Crippen LogP contribution >= 0.6 is 34.9 Å². The molecule has 0 unspecified atom stereocenters. The van der Waals surface area contributed by atoms with Crippen molar-refractivity contribution in [1.29, 1.82) is 0 Å². The molecule has 3 heterocycles. The van der Waals surface area contributed by atoms with E-state index in [0.717, 1.165) is 15.4 Å². The number of fused-ring (bicyclic) bond motifs is 1. The summed E-state index contributed by atoms with van der Waals surface area (Å²) in [5.74, 6) is 2.40. The highest BCUT2D eigenvalue weighted by Crippen LogP contribution is 2.32. The summed E-state index contributed by atoms with van der Waals surface area (Å²) in [6.07, 6.45) is 1.22. The highest BCUT2D eigenvalue weighted by molar-refractivity contribution is 8.04. The molecule has 3 nitrogen and oxygen atoms in total. The molecule has 0 aliphatic carbocycles. The fourth-order valence-corrected chi connectivity index (χ4v) is 5.32. The summed E-state index contributed by atoms with van der Waals surface area (Å²) < 4.78 is 2.45. The SMILES string of the molecule is Cn1c(S[C@@H]2CCSC2)nc2ccsc2c1=O. The van der Waals surface area contributed by atoms with Crippen molar-refractivity contribution in [2.75, 3.05) is 11.5 Å². The van der Waals surface area contributed by atoms with Gasteiger partial charge < -0.3 is 0 Å². The number of hydrogen-bond acceptors (Lipinski definition) is 5. The Hall–Kier alpha value is -0.460. The minimum absolute atomic E-state index is 0.0816. The maximum atomic E-state index is 12.1. The maximum absolute atomic E-state index is 12.1. The molecule has 2 aromatic heterocycles. The van der Waals surface area contributed by atoms with Gasteiger partial charge in [0, 0.05) is 18.1 Å². The van der Waals surface area contributed by atoms with E-state index in [1.807, 2.05) is 30.3 Å². The lowest BCUT2D eigenvalue weighted by Gasteiger charge is -2.10. The van der Waals surface area contributed by atoms with Crippen molar-refractivity contribution in [2.24, 2.45) is 7.05 Å². The van der Waals surface area contributed by atoms with Crippen molar-refractivity contribution >= 4 is 45.1 Å². The first-order chi connectivity index (χ1) is 8.25. The molecule has 0 N–H and O–H groups in total. The fraction of sp³-hybridized carbons (Fsp3) is 0.455. The summed E-state index contributed by atoms with van der Waals surface area (Å²) in [6, 6.07) is 1.93. The Morgan fingerprint density at radius 3 is 3.24 bits per heavy atom. The van der Waals surface area contributed by atoms with Gasteiger partial charge in [-0.3, -0.25) is 9.36 Å². The topological polar surface area (TPSA) is 34.9 Å². The van der Waals surface area contributed by atoms with E-state index in [9.17, 15) is 4.79 Å². The van der Waals surface area contributed by atoms with Gasteiger partial charge in [0.15, 0.2) is 5.16 Å². The zero-order valence-electron chi connectivity index (χ0n) is 9.38. The van der Waals surface area contributed by atoms with E-state index in [-0.39, 0.29) is 5.56 Å². The van der Waals surface area contributed by atoms with Crippen molar-refractivity contribution in [3.8, 4) is 0 Å². The average molecular weight is 284 g/mol. The van der Waals surface area contributed by atoms with Crippen molar-refractivity contribution in [3.63, 3.8) is 0 Å². The molecule has 6 heteroatoms. The van der Waals surface area contributed by atoms with Crippen molar-refractivity contribution in [3.05, 3.63) is 21.8 Å². The molecule has 0 bridgehead atoms. The maximum Gasteiger partial charge on any atom is 0.271 e. The number of thioether (sulfide) groups is 2. The van der Waals surface area contributed by atoms with Crippen LogP contribution in [-0.4, -0.2) is 26.3 Å². The van der Waals surface area contributed by atoms with Gasteiger partial charge in [-0.05, 0) is 23.6 Å². The van der Waals surface area contributed by atoms with Crippen LogP contribution in [-0.2, 0) is 7.05 Å². The molecule has 0 amide bonds. The summed E-state index contributed by atoms with van der Waals surface area (Å²) in [5.41, 5.74) is 0.921. The normalized spacial score (nSPS) is 20.2. The van der Waals surface area contributed by atoms with E-state index in [4.69, 9.17) is 0 Å². The largest absolute Gasteiger partial charge is 0.290 e. The quantitative estimate of drug-likeness (QED) is 0.794. The minimum Gasteiger partial charge on any atom is -0.290 e. The highest BCUT2D eigenvalue weighted by atomic mass is 32.2. The standard InChI is InChI=1S/C11H12N2OS3/c1-13-10(14)9-8(3-5-16-9)12-11(13)17-7-2-4-15-6-7/h3,5,7H,2,4,6H2,1H3/t7-/m1/s1. The number of hydrogen-bond donors (Lipinski definition) is 0. The molecule has 90 valence electrons. The van der Waals surface area contributed by atoms with Crippen LogP contribution in [0.25, 0.3) is 10.2 Å². The van der Waals surface area contributed by atoms with Gasteiger partial charge in [-0.2, -0.15) is 11.8 Å². The molecule has 2 aromatic rings. The Morgan fingerprint density at radius 2 is 2.47 bits per heavy atom. The van der Waals surface area contributed by atoms with E-state index >= 15 is 0 Å². The van der Waals surface area contributed by atoms with Crippen LogP contribution in [0.1, 0.15) is 6.42 Å². The average Bonchev–Trinajstić information content (AvgIpc) is 2.96. The first-order valence-electron chi connectivity index (χ1n) is 5.44. The lowest BCUT2D eigenvalue weighted by Crippen LogP contribution is -2.20. The van der Waals surface area contributed by atoms with E-state index in [0.29, 0.717) is 5.25 Å². The van der Waals surface area contributed by atoms with Gasteiger partial charge in [-0.1, -0.05) is 11.8 Å². The van der Waals surface area contributed by atoms with Crippen molar-refractivity contribution < 1.29 is 0 Å². The van der Waals surface area contributed by atoms with Crippen LogP contribution in [0.5, 0.6) is 0 Å². The molecule has 0 radical (unpaired) electrons. The minimum atomic E-state index is 0.0816. The Bertz CT molecular complexity index is 598. The summed E-state index contributed by atoms with van der Waals surface area (Å²) in [7, 11) is 1.82. The fourth-order valence-electron chi connectivity index (χ4n) is 1.83. The molecule has 1 atom stereocenters. The molecule has 0 saturated carbocycles. The number of aromatic nitrogens is 2. The third-order valence-corrected chi connectivity index (χ3v) is 6.38. The highest BCUT2D eigenvalue weighted by Gasteiger charge is 2.19. The van der Waals surface area contributed by atoms with Crippen LogP contribution in [0.2, 0.25) is 0 Å². The number of thiophene rings is 1. The summed E-state index contributed by atoms with van der Waals surface area (Å²) >= 11 is 5.20. The van der Waals surface area contributed by atoms with E-state index < -0.39 is 0 Å². The predicted octanol–water partition coefficient (Wildman–Crippen LogP) is 2.59. The predicted molar refractivity (Wildman–Crippen MR) is 76.4 cm³/mol. The van der Waals surface area contributed by atoms with Crippen LogP contribution in [0.15, 0.2) is 21.4 Å². The van der Waals surface area contributed by atoms with Crippen LogP contribution in [0, 0.1) is 0 Å². The first kappa shape index (κ1) is 11.6. The van der Waals surface area contributed by atoms with E-state index in [1.54, 1.807) is 16.3 Å². The Kier molecular flexibility index (Phi) is 3.19. The lowest BCUT2D eigenvalue weighted by molar-refractivity contribution is 0.724. The van der Waals surface area contributed by atoms with Crippen LogP contribution < -0.4 is 5.56 Å². The second kappa shape index (κ2) is 4.66. The molecule has 0 aromatic carbocycles. The smallest absolute Gasteiger partial charge is 0.271 e. The Balaban J connectivity index is 2.03. The molecule has 17 heavy (non-hydrogen) atoms. The second-order valence-electron chi connectivity index (χ2n) is 4.00. The summed E-state index contributed by atoms with van der Waals surface area (Å²) in [4.78, 5) is 16.7. The molecule has 1 fully saturated rings. The molecule has 1 aliphatic rings. The van der Waals surface area contributed by atoms with Gasteiger partial charge >= 0.3 is 0 Å². The second-order valence-corrected chi connectivity index (χ2v) is 7.33. The molecule has 3 rings (SSSR count). The Morgan fingerprint density at radius 1 is 1.59 bits per heavy atom. The number of nitrogens with zero attached hydrogens (tertiary/aromatic N) is 2. The van der Waals surface area contributed by atoms with E-state index in [1.165, 1.54) is 29.3 Å². The van der Waals surface area contributed by atoms with Gasteiger partial charge in [-0.15, -0.1) is 11.3 Å². The Labute approximate surface area is 112 Å². The van der Waals surface area contributed by atoms with Crippen molar-refractivity contribution in [1.82, 2.24) is 9.55 Å². The van der Waals surface area contributed by atoms with Gasteiger partial charge in [0.25, 0.3) is 5.56 Å². The monoisotopic (exact) mass is 284 g/mol. The van der Waals surface area contributed by atoms with Gasteiger partial charge in [-0.25, -0.2) is 4.98 Å². The molecule has 0 spiro atoms. The van der Waals surface area contributed by atoms with Gasteiger partial charge in [0.05, 0.1) is 5.52 Å². The van der Waals surface area contributed by atoms with Gasteiger partial charge in [0.1, 0.15) is 4.70 Å². The zero-order valence-corrected chi connectivity index (χ0v) is 11.8. The third-order valence-electron chi connectivity index (χ3n) is 2.81. The van der Waals surface area contributed by atoms with Gasteiger partial charge in [0.2, 0.25) is 0 Å². The zero-order chi connectivity index (χ0) is 11.8. The summed E-state index contributed by atoms with van der Waals surface area (Å²) in [5, 5.41) is 3.39. The molecule has 1 saturated heterocycles. The third kappa shape index (κ3) is 2.13. The van der Waals surface area contributed by atoms with E-state index in [2.05, 4.69) is 4.98 Å². The molecular weight excluding hydrogens is 272 g/mol. The van der Waals surface area contributed by atoms with Crippen LogP contribution in [0.3, 0.4) is 0 Å². The number of rotatable bonds is 2.